The molecule has 0 aromatic carbocycles. The van der Waals surface area contributed by atoms with E-state index in [0.717, 1.165) is 13.0 Å². The van der Waals surface area contributed by atoms with Crippen LogP contribution in [-0.4, -0.2) is 35.2 Å². The number of nitrogens with zero attached hydrogens (tertiary/aromatic N) is 1. The molecule has 0 radical (unpaired) electrons. The maximum atomic E-state index is 9.55. The Morgan fingerprint density at radius 2 is 2.38 bits per heavy atom. The molecule has 0 amide bonds. The van der Waals surface area contributed by atoms with Gasteiger partial charge in [0.15, 0.2) is 0 Å². The number of hydrogen-bond donors (Lipinski definition) is 1. The van der Waals surface area contributed by atoms with Crippen LogP contribution in [0.4, 0.5) is 0 Å². The number of likely N-dealkylation sites (tertiary alicyclic amines) is 1. The first-order valence-corrected chi connectivity index (χ1v) is 5.24. The smallest absolute Gasteiger partial charge is 0.0667 e. The van der Waals surface area contributed by atoms with Crippen LogP contribution in [0.5, 0.6) is 0 Å². The highest BCUT2D eigenvalue weighted by Gasteiger charge is 2.25. The Labute approximate surface area is 85.2 Å². The number of aliphatic hydroxyl groups is 1. The summed E-state index contributed by atoms with van der Waals surface area (Å²) in [7, 11) is 0. The highest BCUT2D eigenvalue weighted by molar-refractivity contribution is 6.29. The van der Waals surface area contributed by atoms with Crippen LogP contribution in [0.2, 0.25) is 0 Å². The van der Waals surface area contributed by atoms with Gasteiger partial charge in [-0.3, -0.25) is 4.90 Å². The third kappa shape index (κ3) is 3.29. The third-order valence-corrected chi connectivity index (χ3v) is 2.72. The van der Waals surface area contributed by atoms with Crippen LogP contribution in [0.3, 0.4) is 0 Å². The van der Waals surface area contributed by atoms with Crippen LogP contribution in [0.1, 0.15) is 26.2 Å². The van der Waals surface area contributed by atoms with Crippen LogP contribution >= 0.6 is 11.6 Å². The number of aliphatic hydroxyl groups excluding tert-OH is 1. The summed E-state index contributed by atoms with van der Waals surface area (Å²) >= 11 is 5.76. The minimum absolute atomic E-state index is 0.267. The van der Waals surface area contributed by atoms with Crippen LogP contribution in [-0.2, 0) is 0 Å². The lowest BCUT2D eigenvalue weighted by atomic mass is 9.98. The molecule has 0 aromatic rings. The summed E-state index contributed by atoms with van der Waals surface area (Å²) in [5, 5.41) is 10.2. The minimum atomic E-state index is -0.267. The Kier molecular flexibility index (Phi) is 4.23. The molecule has 1 N–H and O–H groups in total. The van der Waals surface area contributed by atoms with Crippen molar-refractivity contribution in [2.24, 2.45) is 0 Å². The zero-order chi connectivity index (χ0) is 9.84. The molecule has 1 saturated heterocycles. The second-order valence-electron chi connectivity index (χ2n) is 3.79. The van der Waals surface area contributed by atoms with Gasteiger partial charge in [0.1, 0.15) is 0 Å². The lowest BCUT2D eigenvalue weighted by Crippen LogP contribution is -2.46. The Hall–Kier alpha value is -0.0500. The largest absolute Gasteiger partial charge is 0.392 e. The van der Waals surface area contributed by atoms with Crippen LogP contribution in [0.15, 0.2) is 11.6 Å². The molecular weight excluding hydrogens is 186 g/mol. The highest BCUT2D eigenvalue weighted by atomic mass is 35.5. The van der Waals surface area contributed by atoms with E-state index in [-0.39, 0.29) is 12.1 Å². The monoisotopic (exact) mass is 203 g/mol. The fraction of sp³-hybridized carbons (Fsp3) is 0.800. The van der Waals surface area contributed by atoms with E-state index in [1.807, 2.05) is 6.92 Å². The molecule has 13 heavy (non-hydrogen) atoms. The maximum absolute atomic E-state index is 9.55. The van der Waals surface area contributed by atoms with Crippen molar-refractivity contribution in [3.63, 3.8) is 0 Å². The number of rotatable bonds is 3. The molecular formula is C10H18ClNO. The lowest BCUT2D eigenvalue weighted by molar-refractivity contribution is 0.0433. The van der Waals surface area contributed by atoms with Gasteiger partial charge < -0.3 is 5.11 Å². The normalized spacial score (nSPS) is 27.2. The van der Waals surface area contributed by atoms with Gasteiger partial charge in [0.2, 0.25) is 0 Å². The molecule has 1 heterocycles. The Bertz CT molecular complexity index is 182. The fourth-order valence-corrected chi connectivity index (χ4v) is 2.13. The predicted molar refractivity (Wildman–Crippen MR) is 55.9 cm³/mol. The number of piperidine rings is 1. The van der Waals surface area contributed by atoms with Gasteiger partial charge in [-0.2, -0.15) is 0 Å². The van der Waals surface area contributed by atoms with E-state index >= 15 is 0 Å². The van der Waals surface area contributed by atoms with Crippen molar-refractivity contribution < 1.29 is 5.11 Å². The van der Waals surface area contributed by atoms with Crippen molar-refractivity contribution in [3.05, 3.63) is 11.6 Å². The van der Waals surface area contributed by atoms with E-state index in [9.17, 15) is 5.11 Å². The third-order valence-electron chi connectivity index (χ3n) is 2.60. The Balaban J connectivity index is 2.51. The molecule has 0 bridgehead atoms. The molecule has 0 aromatic heterocycles. The number of halogens is 1. The van der Waals surface area contributed by atoms with E-state index in [1.54, 1.807) is 0 Å². The molecule has 1 fully saturated rings. The zero-order valence-corrected chi connectivity index (χ0v) is 8.93. The molecule has 0 unspecified atom stereocenters. The standard InChI is InChI=1S/C10H18ClNO/c1-8(11)7-12-6-4-3-5-10(12)9(2)13/h9-10,13H,1,3-7H2,2H3/t9-,10-/m0/s1. The minimum Gasteiger partial charge on any atom is -0.392 e. The average Bonchev–Trinajstić information content (AvgIpc) is 2.03. The first kappa shape index (κ1) is 11.0. The van der Waals surface area contributed by atoms with Crippen LogP contribution < -0.4 is 0 Å². The van der Waals surface area contributed by atoms with Gasteiger partial charge in [0.25, 0.3) is 0 Å². The van der Waals surface area contributed by atoms with Gasteiger partial charge in [-0.05, 0) is 26.3 Å². The summed E-state index contributed by atoms with van der Waals surface area (Å²) < 4.78 is 0. The molecule has 2 nitrogen and oxygen atoms in total. The lowest BCUT2D eigenvalue weighted by Gasteiger charge is -2.37. The average molecular weight is 204 g/mol. The topological polar surface area (TPSA) is 23.5 Å². The number of hydrogen-bond acceptors (Lipinski definition) is 2. The van der Waals surface area contributed by atoms with Gasteiger partial charge >= 0.3 is 0 Å². The highest BCUT2D eigenvalue weighted by Crippen LogP contribution is 2.21. The molecule has 0 aliphatic carbocycles. The molecule has 1 rings (SSSR count). The molecule has 1 aliphatic heterocycles. The van der Waals surface area contributed by atoms with Gasteiger partial charge in [0.05, 0.1) is 6.10 Å². The van der Waals surface area contributed by atoms with E-state index in [4.69, 9.17) is 11.6 Å². The van der Waals surface area contributed by atoms with Gasteiger partial charge in [-0.15, -0.1) is 0 Å². The van der Waals surface area contributed by atoms with Crippen molar-refractivity contribution in [2.75, 3.05) is 13.1 Å². The van der Waals surface area contributed by atoms with Crippen molar-refractivity contribution in [1.82, 2.24) is 4.90 Å². The van der Waals surface area contributed by atoms with Crippen molar-refractivity contribution in [2.45, 2.75) is 38.3 Å². The summed E-state index contributed by atoms with van der Waals surface area (Å²) in [6.07, 6.45) is 3.21. The van der Waals surface area contributed by atoms with Crippen LogP contribution in [0.25, 0.3) is 0 Å². The summed E-state index contributed by atoms with van der Waals surface area (Å²) in [6, 6.07) is 0.268. The summed E-state index contributed by atoms with van der Waals surface area (Å²) in [4.78, 5) is 2.23. The van der Waals surface area contributed by atoms with E-state index in [2.05, 4.69) is 11.5 Å². The van der Waals surface area contributed by atoms with E-state index < -0.39 is 0 Å². The zero-order valence-electron chi connectivity index (χ0n) is 8.17. The quantitative estimate of drug-likeness (QED) is 0.759. The van der Waals surface area contributed by atoms with Gasteiger partial charge in [-0.25, -0.2) is 0 Å². The summed E-state index contributed by atoms with van der Waals surface area (Å²) in [6.45, 7) is 7.27. The summed E-state index contributed by atoms with van der Waals surface area (Å²) in [5.74, 6) is 0. The SMILES string of the molecule is C=C(Cl)CN1CCCC[C@H]1[C@H](C)O. The molecule has 0 saturated carbocycles. The molecule has 76 valence electrons. The van der Waals surface area contributed by atoms with E-state index in [0.29, 0.717) is 11.6 Å². The van der Waals surface area contributed by atoms with Gasteiger partial charge in [0, 0.05) is 17.6 Å². The Morgan fingerprint density at radius 1 is 1.69 bits per heavy atom. The first-order valence-electron chi connectivity index (χ1n) is 4.86. The van der Waals surface area contributed by atoms with Crippen molar-refractivity contribution in [1.29, 1.82) is 0 Å². The molecule has 1 aliphatic rings. The van der Waals surface area contributed by atoms with Crippen molar-refractivity contribution >= 4 is 11.6 Å². The predicted octanol–water partition coefficient (Wildman–Crippen LogP) is 1.97. The van der Waals surface area contributed by atoms with Crippen LogP contribution in [0, 0.1) is 0 Å². The second kappa shape index (κ2) is 4.99. The Morgan fingerprint density at radius 3 is 2.92 bits per heavy atom. The molecule has 3 heteroatoms. The molecule has 0 spiro atoms. The van der Waals surface area contributed by atoms with Gasteiger partial charge in [-0.1, -0.05) is 24.6 Å². The fourth-order valence-electron chi connectivity index (χ4n) is 1.98. The maximum Gasteiger partial charge on any atom is 0.0667 e. The second-order valence-corrected chi connectivity index (χ2v) is 4.33. The first-order chi connectivity index (χ1) is 6.11. The summed E-state index contributed by atoms with van der Waals surface area (Å²) in [5.41, 5.74) is 0. The van der Waals surface area contributed by atoms with E-state index in [1.165, 1.54) is 12.8 Å². The molecule has 2 atom stereocenters. The van der Waals surface area contributed by atoms with Crippen molar-refractivity contribution in [3.8, 4) is 0 Å².